The molecule has 0 bridgehead atoms. The molecule has 1 aromatic carbocycles. The molecule has 1 aromatic rings. The van der Waals surface area contributed by atoms with Gasteiger partial charge in [-0.15, -0.1) is 11.8 Å². The Morgan fingerprint density at radius 2 is 2.44 bits per heavy atom. The summed E-state index contributed by atoms with van der Waals surface area (Å²) in [7, 11) is 0. The van der Waals surface area contributed by atoms with Crippen molar-refractivity contribution in [2.75, 3.05) is 18.0 Å². The van der Waals surface area contributed by atoms with E-state index in [-0.39, 0.29) is 12.5 Å². The first-order chi connectivity index (χ1) is 7.61. The van der Waals surface area contributed by atoms with Crippen molar-refractivity contribution in [2.24, 2.45) is 5.73 Å². The lowest BCUT2D eigenvalue weighted by Crippen LogP contribution is -2.41. The Labute approximate surface area is 104 Å². The molecular formula is C11H13ClN2OS. The average molecular weight is 257 g/mol. The molecule has 1 aliphatic rings. The van der Waals surface area contributed by atoms with Gasteiger partial charge in [-0.05, 0) is 18.2 Å². The number of halogens is 1. The van der Waals surface area contributed by atoms with Crippen LogP contribution < -0.4 is 10.6 Å². The molecule has 2 N–H and O–H groups in total. The van der Waals surface area contributed by atoms with Crippen molar-refractivity contribution in [1.82, 2.24) is 0 Å². The molecule has 0 radical (unpaired) electrons. The second-order valence-electron chi connectivity index (χ2n) is 3.75. The van der Waals surface area contributed by atoms with E-state index < -0.39 is 0 Å². The van der Waals surface area contributed by atoms with Gasteiger partial charge in [0.15, 0.2) is 0 Å². The Bertz CT molecular complexity index is 424. The molecule has 0 fully saturated rings. The van der Waals surface area contributed by atoms with Crippen molar-refractivity contribution in [2.45, 2.75) is 17.1 Å². The van der Waals surface area contributed by atoms with Crippen molar-refractivity contribution >= 4 is 35.0 Å². The monoisotopic (exact) mass is 256 g/mol. The topological polar surface area (TPSA) is 46.3 Å². The summed E-state index contributed by atoms with van der Waals surface area (Å²) in [6, 6.07) is 5.58. The zero-order chi connectivity index (χ0) is 11.7. The molecule has 5 heteroatoms. The minimum Gasteiger partial charge on any atom is -0.322 e. The fourth-order valence-corrected chi connectivity index (χ4v) is 3.15. The number of carbonyl (C=O) groups excluding carboxylic acids is 1. The molecule has 16 heavy (non-hydrogen) atoms. The van der Waals surface area contributed by atoms with Gasteiger partial charge in [0.05, 0.1) is 12.2 Å². The zero-order valence-electron chi connectivity index (χ0n) is 8.94. The maximum atomic E-state index is 11.7. The second kappa shape index (κ2) is 4.65. The number of thioether (sulfide) groups is 1. The molecule has 0 aromatic heterocycles. The molecule has 1 amide bonds. The second-order valence-corrected chi connectivity index (χ2v) is 5.67. The van der Waals surface area contributed by atoms with Crippen molar-refractivity contribution in [3.63, 3.8) is 0 Å². The van der Waals surface area contributed by atoms with Crippen molar-refractivity contribution < 1.29 is 4.79 Å². The summed E-state index contributed by atoms with van der Waals surface area (Å²) in [5.41, 5.74) is 6.33. The number of nitrogens with zero attached hydrogens (tertiary/aromatic N) is 1. The maximum absolute atomic E-state index is 11.7. The van der Waals surface area contributed by atoms with Crippen LogP contribution in [0.1, 0.15) is 6.92 Å². The van der Waals surface area contributed by atoms with E-state index in [1.165, 1.54) is 0 Å². The predicted octanol–water partition coefficient (Wildman–Crippen LogP) is 2.13. The molecule has 1 atom stereocenters. The van der Waals surface area contributed by atoms with Crippen LogP contribution in [0, 0.1) is 0 Å². The van der Waals surface area contributed by atoms with Gasteiger partial charge in [0.1, 0.15) is 0 Å². The number of amides is 1. The Balaban J connectivity index is 2.41. The van der Waals surface area contributed by atoms with E-state index >= 15 is 0 Å². The molecule has 1 heterocycles. The van der Waals surface area contributed by atoms with Gasteiger partial charge in [-0.25, -0.2) is 0 Å². The minimum absolute atomic E-state index is 0.0411. The van der Waals surface area contributed by atoms with E-state index in [2.05, 4.69) is 6.92 Å². The SMILES string of the molecule is CC1CN(C(=O)CN)c2ccc(Cl)cc2S1. The first kappa shape index (κ1) is 11.8. The largest absolute Gasteiger partial charge is 0.322 e. The number of fused-ring (bicyclic) bond motifs is 1. The molecule has 3 nitrogen and oxygen atoms in total. The van der Waals surface area contributed by atoms with E-state index in [1.807, 2.05) is 12.1 Å². The molecule has 2 rings (SSSR count). The van der Waals surface area contributed by atoms with E-state index in [0.717, 1.165) is 10.6 Å². The molecule has 0 aliphatic carbocycles. The third-order valence-electron chi connectivity index (χ3n) is 2.46. The van der Waals surface area contributed by atoms with Crippen LogP contribution in [-0.4, -0.2) is 24.2 Å². The summed E-state index contributed by atoms with van der Waals surface area (Å²) in [6.45, 7) is 2.83. The Morgan fingerprint density at radius 1 is 1.69 bits per heavy atom. The van der Waals surface area contributed by atoms with Crippen LogP contribution in [0.4, 0.5) is 5.69 Å². The molecule has 1 aliphatic heterocycles. The normalized spacial score (nSPS) is 19.4. The van der Waals surface area contributed by atoms with Crippen LogP contribution in [-0.2, 0) is 4.79 Å². The van der Waals surface area contributed by atoms with E-state index in [9.17, 15) is 4.79 Å². The lowest BCUT2D eigenvalue weighted by molar-refractivity contribution is -0.117. The van der Waals surface area contributed by atoms with Crippen LogP contribution in [0.15, 0.2) is 23.1 Å². The van der Waals surface area contributed by atoms with Gasteiger partial charge in [0, 0.05) is 21.7 Å². The lowest BCUT2D eigenvalue weighted by Gasteiger charge is -2.32. The summed E-state index contributed by atoms with van der Waals surface area (Å²) in [5.74, 6) is -0.0456. The van der Waals surface area contributed by atoms with Crippen LogP contribution in [0.5, 0.6) is 0 Å². The highest BCUT2D eigenvalue weighted by Gasteiger charge is 2.26. The Kier molecular flexibility index (Phi) is 3.42. The molecule has 86 valence electrons. The highest BCUT2D eigenvalue weighted by Crippen LogP contribution is 2.39. The number of carbonyl (C=O) groups is 1. The third kappa shape index (κ3) is 2.19. The number of rotatable bonds is 1. The minimum atomic E-state index is -0.0456. The van der Waals surface area contributed by atoms with E-state index in [4.69, 9.17) is 17.3 Å². The number of hydrogen-bond acceptors (Lipinski definition) is 3. The maximum Gasteiger partial charge on any atom is 0.240 e. The first-order valence-electron chi connectivity index (χ1n) is 5.08. The van der Waals surface area contributed by atoms with Crippen molar-refractivity contribution in [3.05, 3.63) is 23.2 Å². The number of benzene rings is 1. The fraction of sp³-hybridized carbons (Fsp3) is 0.364. The standard InChI is InChI=1S/C11H13ClN2OS/c1-7-6-14(11(15)5-13)9-3-2-8(12)4-10(9)16-7/h2-4,7H,5-6,13H2,1H3. The zero-order valence-corrected chi connectivity index (χ0v) is 10.5. The van der Waals surface area contributed by atoms with Gasteiger partial charge < -0.3 is 10.6 Å². The highest BCUT2D eigenvalue weighted by molar-refractivity contribution is 8.00. The average Bonchev–Trinajstić information content (AvgIpc) is 2.26. The molecule has 1 unspecified atom stereocenters. The molecule has 0 spiro atoms. The number of nitrogens with two attached hydrogens (primary N) is 1. The van der Waals surface area contributed by atoms with Crippen molar-refractivity contribution in [1.29, 1.82) is 0 Å². The van der Waals surface area contributed by atoms with E-state index in [1.54, 1.807) is 22.7 Å². The Hall–Kier alpha value is -0.710. The molecular weight excluding hydrogens is 244 g/mol. The molecule has 0 saturated heterocycles. The van der Waals surface area contributed by atoms with Crippen LogP contribution in [0.25, 0.3) is 0 Å². The summed E-state index contributed by atoms with van der Waals surface area (Å²) in [5, 5.41) is 1.06. The smallest absolute Gasteiger partial charge is 0.240 e. The van der Waals surface area contributed by atoms with Gasteiger partial charge in [0.25, 0.3) is 0 Å². The Morgan fingerprint density at radius 3 is 3.12 bits per heavy atom. The van der Waals surface area contributed by atoms with Crippen molar-refractivity contribution in [3.8, 4) is 0 Å². The van der Waals surface area contributed by atoms with Crippen LogP contribution >= 0.6 is 23.4 Å². The predicted molar refractivity (Wildman–Crippen MR) is 68.2 cm³/mol. The number of hydrogen-bond donors (Lipinski definition) is 1. The van der Waals surface area contributed by atoms with Gasteiger partial charge in [0.2, 0.25) is 5.91 Å². The first-order valence-corrected chi connectivity index (χ1v) is 6.34. The van der Waals surface area contributed by atoms with E-state index in [0.29, 0.717) is 16.8 Å². The third-order valence-corrected chi connectivity index (χ3v) is 3.82. The summed E-state index contributed by atoms with van der Waals surface area (Å²) >= 11 is 7.68. The molecule has 0 saturated carbocycles. The van der Waals surface area contributed by atoms with Gasteiger partial charge >= 0.3 is 0 Å². The highest BCUT2D eigenvalue weighted by atomic mass is 35.5. The van der Waals surface area contributed by atoms with Gasteiger partial charge in [-0.2, -0.15) is 0 Å². The fourth-order valence-electron chi connectivity index (χ4n) is 1.76. The summed E-state index contributed by atoms with van der Waals surface area (Å²) in [6.07, 6.45) is 0. The summed E-state index contributed by atoms with van der Waals surface area (Å²) in [4.78, 5) is 14.5. The quantitative estimate of drug-likeness (QED) is 0.837. The number of anilines is 1. The van der Waals surface area contributed by atoms with Crippen LogP contribution in [0.2, 0.25) is 5.02 Å². The lowest BCUT2D eigenvalue weighted by atomic mass is 10.2. The van der Waals surface area contributed by atoms with Crippen LogP contribution in [0.3, 0.4) is 0 Å². The summed E-state index contributed by atoms with van der Waals surface area (Å²) < 4.78 is 0. The van der Waals surface area contributed by atoms with Gasteiger partial charge in [-0.3, -0.25) is 4.79 Å². The van der Waals surface area contributed by atoms with Gasteiger partial charge in [-0.1, -0.05) is 18.5 Å².